The number of carbonyl (C=O) groups excluding carboxylic acids is 2. The molecule has 2 amide bonds. The summed E-state index contributed by atoms with van der Waals surface area (Å²) in [5, 5.41) is 7.10. The Balaban J connectivity index is 1.93. The first-order valence-corrected chi connectivity index (χ1v) is 10.9. The van der Waals surface area contributed by atoms with Crippen molar-refractivity contribution in [3.05, 3.63) is 50.9 Å². The predicted molar refractivity (Wildman–Crippen MR) is 117 cm³/mol. The molecule has 6 heteroatoms. The molecule has 2 aromatic rings. The van der Waals surface area contributed by atoms with Crippen LogP contribution in [0.15, 0.2) is 24.3 Å². The fourth-order valence-corrected chi connectivity index (χ4v) is 5.12. The van der Waals surface area contributed by atoms with Gasteiger partial charge in [-0.1, -0.05) is 32.4 Å². The highest BCUT2D eigenvalue weighted by atomic mass is 35.5. The summed E-state index contributed by atoms with van der Waals surface area (Å²) in [5.74, 6) is 0.231. The van der Waals surface area contributed by atoms with Gasteiger partial charge in [0.25, 0.3) is 11.8 Å². The van der Waals surface area contributed by atoms with Crippen LogP contribution in [0.4, 0.5) is 5.00 Å². The molecule has 0 fully saturated rings. The molecule has 150 valence electrons. The lowest BCUT2D eigenvalue weighted by Gasteiger charge is -2.33. The molecule has 0 saturated heterocycles. The normalized spacial score (nSPS) is 16.4. The predicted octanol–water partition coefficient (Wildman–Crippen LogP) is 5.55. The van der Waals surface area contributed by atoms with Gasteiger partial charge in [-0.2, -0.15) is 0 Å². The van der Waals surface area contributed by atoms with Crippen molar-refractivity contribution in [3.8, 4) is 0 Å². The molecule has 1 aromatic carbocycles. The minimum Gasteiger partial charge on any atom is -0.352 e. The maximum atomic E-state index is 12.8. The van der Waals surface area contributed by atoms with E-state index in [0.29, 0.717) is 33.6 Å². The molecule has 0 saturated carbocycles. The number of hydrogen-bond acceptors (Lipinski definition) is 3. The molecule has 1 aliphatic rings. The Morgan fingerprint density at radius 1 is 1.18 bits per heavy atom. The number of thiophene rings is 1. The molecule has 0 bridgehead atoms. The minimum atomic E-state index is -0.229. The Kier molecular flexibility index (Phi) is 6.15. The van der Waals surface area contributed by atoms with Gasteiger partial charge in [0, 0.05) is 22.0 Å². The van der Waals surface area contributed by atoms with E-state index in [1.54, 1.807) is 35.6 Å². The topological polar surface area (TPSA) is 58.2 Å². The fourth-order valence-electron chi connectivity index (χ4n) is 3.68. The number of hydrogen-bond donors (Lipinski definition) is 2. The van der Waals surface area contributed by atoms with Crippen LogP contribution in [0.3, 0.4) is 0 Å². The highest BCUT2D eigenvalue weighted by Crippen LogP contribution is 2.44. The molecule has 4 nitrogen and oxygen atoms in total. The molecule has 2 N–H and O–H groups in total. The summed E-state index contributed by atoms with van der Waals surface area (Å²) in [6, 6.07) is 6.75. The van der Waals surface area contributed by atoms with Gasteiger partial charge in [0.1, 0.15) is 5.00 Å². The lowest BCUT2D eigenvalue weighted by atomic mass is 9.72. The Morgan fingerprint density at radius 3 is 2.46 bits per heavy atom. The number of carbonyl (C=O) groups is 2. The van der Waals surface area contributed by atoms with Gasteiger partial charge in [0.15, 0.2) is 0 Å². The highest BCUT2D eigenvalue weighted by Gasteiger charge is 2.34. The number of benzene rings is 1. The molecular weight excluding hydrogens is 392 g/mol. The molecule has 3 rings (SSSR count). The van der Waals surface area contributed by atoms with Gasteiger partial charge in [-0.25, -0.2) is 0 Å². The molecule has 0 spiro atoms. The average Bonchev–Trinajstić information content (AvgIpc) is 2.98. The van der Waals surface area contributed by atoms with E-state index in [1.165, 1.54) is 4.88 Å². The summed E-state index contributed by atoms with van der Waals surface area (Å²) < 4.78 is 0. The van der Waals surface area contributed by atoms with E-state index in [0.717, 1.165) is 24.8 Å². The number of rotatable bonds is 4. The summed E-state index contributed by atoms with van der Waals surface area (Å²) in [4.78, 5) is 26.7. The van der Waals surface area contributed by atoms with Crippen molar-refractivity contribution in [3.63, 3.8) is 0 Å². The van der Waals surface area contributed by atoms with Crippen LogP contribution in [0.5, 0.6) is 0 Å². The Morgan fingerprint density at radius 2 is 1.86 bits per heavy atom. The average molecular weight is 419 g/mol. The number of amides is 2. The number of fused-ring (bicyclic) bond motifs is 1. The number of nitrogens with one attached hydrogen (secondary N) is 2. The van der Waals surface area contributed by atoms with Crippen LogP contribution >= 0.6 is 22.9 Å². The first kappa shape index (κ1) is 20.9. The number of halogens is 1. The summed E-state index contributed by atoms with van der Waals surface area (Å²) >= 11 is 7.46. The Bertz CT molecular complexity index is 881. The lowest BCUT2D eigenvalue weighted by Crippen LogP contribution is -2.28. The molecule has 1 aromatic heterocycles. The van der Waals surface area contributed by atoms with Gasteiger partial charge >= 0.3 is 0 Å². The second-order valence-corrected chi connectivity index (χ2v) is 9.88. The van der Waals surface area contributed by atoms with E-state index in [4.69, 9.17) is 11.6 Å². The third kappa shape index (κ3) is 4.41. The number of anilines is 1. The second kappa shape index (κ2) is 8.26. The van der Waals surface area contributed by atoms with Crippen LogP contribution in [0.2, 0.25) is 5.02 Å². The van der Waals surface area contributed by atoms with Crippen LogP contribution < -0.4 is 10.6 Å². The van der Waals surface area contributed by atoms with Crippen LogP contribution in [-0.4, -0.2) is 18.4 Å². The zero-order valence-electron chi connectivity index (χ0n) is 16.8. The standard InChI is InChI=1S/C22H27ClN2O2S/c1-5-24-20(27)18-16-11-8-14(22(2,3)4)12-17(16)28-21(18)25-19(26)13-6-9-15(23)10-7-13/h6-7,9-10,14H,5,8,11-12H2,1-4H3,(H,24,27)(H,25,26)/t14-/m1/s1. The van der Waals surface area contributed by atoms with Crippen molar-refractivity contribution in [1.82, 2.24) is 5.32 Å². The zero-order valence-corrected chi connectivity index (χ0v) is 18.4. The Hall–Kier alpha value is -1.85. The third-order valence-electron chi connectivity index (χ3n) is 5.39. The molecule has 0 unspecified atom stereocenters. The van der Waals surface area contributed by atoms with Crippen molar-refractivity contribution in [1.29, 1.82) is 0 Å². The van der Waals surface area contributed by atoms with E-state index in [1.807, 2.05) is 6.92 Å². The summed E-state index contributed by atoms with van der Waals surface area (Å²) in [7, 11) is 0. The van der Waals surface area contributed by atoms with E-state index in [-0.39, 0.29) is 17.2 Å². The van der Waals surface area contributed by atoms with Crippen molar-refractivity contribution in [2.45, 2.75) is 47.0 Å². The smallest absolute Gasteiger partial charge is 0.256 e. The van der Waals surface area contributed by atoms with E-state index in [2.05, 4.69) is 31.4 Å². The highest BCUT2D eigenvalue weighted by molar-refractivity contribution is 7.17. The molecule has 28 heavy (non-hydrogen) atoms. The SMILES string of the molecule is CCNC(=O)c1c(NC(=O)c2ccc(Cl)cc2)sc2c1CC[C@@H](C(C)(C)C)C2. The van der Waals surface area contributed by atoms with Gasteiger partial charge in [-0.15, -0.1) is 11.3 Å². The lowest BCUT2D eigenvalue weighted by molar-refractivity contribution is 0.0955. The van der Waals surface area contributed by atoms with E-state index in [9.17, 15) is 9.59 Å². The van der Waals surface area contributed by atoms with Crippen molar-refractivity contribution in [2.75, 3.05) is 11.9 Å². The van der Waals surface area contributed by atoms with Gasteiger partial charge in [-0.05, 0) is 67.3 Å². The summed E-state index contributed by atoms with van der Waals surface area (Å²) in [5.41, 5.74) is 2.48. The zero-order chi connectivity index (χ0) is 20.5. The molecular formula is C22H27ClN2O2S. The van der Waals surface area contributed by atoms with Gasteiger partial charge in [0.05, 0.1) is 5.56 Å². The molecule has 0 radical (unpaired) electrons. The third-order valence-corrected chi connectivity index (χ3v) is 6.81. The van der Waals surface area contributed by atoms with Crippen LogP contribution in [0, 0.1) is 11.3 Å². The molecule has 1 aliphatic carbocycles. The molecule has 1 atom stereocenters. The first-order valence-electron chi connectivity index (χ1n) is 9.70. The van der Waals surface area contributed by atoms with Gasteiger partial charge < -0.3 is 10.6 Å². The van der Waals surface area contributed by atoms with Gasteiger partial charge in [-0.3, -0.25) is 9.59 Å². The van der Waals surface area contributed by atoms with Crippen molar-refractivity contribution in [2.24, 2.45) is 11.3 Å². The van der Waals surface area contributed by atoms with Crippen LogP contribution in [-0.2, 0) is 12.8 Å². The maximum absolute atomic E-state index is 12.8. The largest absolute Gasteiger partial charge is 0.352 e. The van der Waals surface area contributed by atoms with Crippen LogP contribution in [0.25, 0.3) is 0 Å². The van der Waals surface area contributed by atoms with Crippen molar-refractivity contribution < 1.29 is 9.59 Å². The molecule has 1 heterocycles. The van der Waals surface area contributed by atoms with Crippen molar-refractivity contribution >= 4 is 39.8 Å². The van der Waals surface area contributed by atoms with Gasteiger partial charge in [0.2, 0.25) is 0 Å². The molecule has 0 aliphatic heterocycles. The summed E-state index contributed by atoms with van der Waals surface area (Å²) in [6.45, 7) is 9.26. The summed E-state index contributed by atoms with van der Waals surface area (Å²) in [6.07, 6.45) is 2.88. The monoisotopic (exact) mass is 418 g/mol. The quantitative estimate of drug-likeness (QED) is 0.683. The maximum Gasteiger partial charge on any atom is 0.256 e. The minimum absolute atomic E-state index is 0.111. The fraction of sp³-hybridized carbons (Fsp3) is 0.455. The second-order valence-electron chi connectivity index (χ2n) is 8.33. The first-order chi connectivity index (χ1) is 13.2. The van der Waals surface area contributed by atoms with E-state index < -0.39 is 0 Å². The van der Waals surface area contributed by atoms with E-state index >= 15 is 0 Å². The Labute approximate surface area is 175 Å². The van der Waals surface area contributed by atoms with Crippen LogP contribution in [0.1, 0.15) is 65.3 Å².